The molecule has 15 heteroatoms. The van der Waals surface area contributed by atoms with Crippen molar-refractivity contribution >= 4 is 137 Å². The predicted molar refractivity (Wildman–Crippen MR) is 58.5 cm³/mol. The first-order valence-electron chi connectivity index (χ1n) is 4.25. The van der Waals surface area contributed by atoms with E-state index in [1.54, 1.807) is 0 Å². The van der Waals surface area contributed by atoms with Gasteiger partial charge in [0.15, 0.2) is 0 Å². The molecule has 0 aromatic carbocycles. The molecule has 2 unspecified atom stereocenters. The first kappa shape index (κ1) is 44.5. The molecule has 23 heavy (non-hydrogen) atoms. The second-order valence-corrected chi connectivity index (χ2v) is 2.82. The number of halogens is 2. The monoisotopic (exact) mass is 454 g/mol. The van der Waals surface area contributed by atoms with Crippen LogP contribution in [0.25, 0.3) is 0 Å². The van der Waals surface area contributed by atoms with Crippen molar-refractivity contribution in [3.8, 4) is 0 Å². The number of carboxylic acids is 4. The molecule has 0 aliphatic carbocycles. The Morgan fingerprint density at radius 1 is 0.652 bits per heavy atom. The Morgan fingerprint density at radius 3 is 0.870 bits per heavy atom. The topological polar surface area (TPSA) is 201 Å². The van der Waals surface area contributed by atoms with Gasteiger partial charge in [-0.15, -0.1) is 0 Å². The van der Waals surface area contributed by atoms with Gasteiger partial charge in [0.25, 0.3) is 0 Å². The number of carbonyl (C=O) groups excluding carboxylic acids is 4. The summed E-state index contributed by atoms with van der Waals surface area (Å²) in [6, 6.07) is 0. The number of rotatable bonds is 6. The summed E-state index contributed by atoms with van der Waals surface area (Å²) in [5, 5.41) is 54.7. The van der Waals surface area contributed by atoms with Crippen molar-refractivity contribution in [2.24, 2.45) is 0 Å². The fourth-order valence-corrected chi connectivity index (χ4v) is 0.482. The molecule has 0 aliphatic rings. The third kappa shape index (κ3) is 36.0. The molecule has 0 fully saturated rings. The molecule has 0 aliphatic heterocycles. The molecule has 120 valence electrons. The van der Waals surface area contributed by atoms with Crippen LogP contribution in [0.4, 0.5) is 0 Å². The van der Waals surface area contributed by atoms with Crippen molar-refractivity contribution in [2.75, 3.05) is 0 Å². The van der Waals surface area contributed by atoms with Crippen molar-refractivity contribution in [3.63, 3.8) is 0 Å². The Bertz CT molecular complexity index is 312. The van der Waals surface area contributed by atoms with Crippen molar-refractivity contribution < 1.29 is 74.6 Å². The van der Waals surface area contributed by atoms with Crippen molar-refractivity contribution in [1.29, 1.82) is 0 Å². The molecule has 0 amide bonds. The van der Waals surface area contributed by atoms with Crippen molar-refractivity contribution in [2.45, 2.75) is 25.0 Å². The molecule has 0 radical (unpaired) electrons. The normalized spacial score (nSPS) is 9.83. The van der Waals surface area contributed by atoms with Crippen LogP contribution in [0.5, 0.6) is 0 Å². The standard InChI is InChI=1S/2C4H6O5.3Ca.2ClH/c2*5-2(4(8)9)1-3(6)7;;;;;/h2*2,5H,1H2,(H,6,7)(H,8,9);;;;2*1H/q;;3*+2;;/p-6. The number of aliphatic hydroxyl groups excluding tert-OH is 2. The second-order valence-electron chi connectivity index (χ2n) is 2.82. The second kappa shape index (κ2) is 26.4. The molecule has 0 spiro atoms. The summed E-state index contributed by atoms with van der Waals surface area (Å²) in [6.07, 6.45) is -5.78. The zero-order chi connectivity index (χ0) is 14.9. The van der Waals surface area contributed by atoms with Crippen LogP contribution >= 0.6 is 0 Å². The molecule has 0 aromatic heterocycles. The van der Waals surface area contributed by atoms with Gasteiger partial charge in [0, 0.05) is 24.8 Å². The fraction of sp³-hybridized carbons (Fsp3) is 0.500. The molecule has 0 saturated carbocycles. The van der Waals surface area contributed by atoms with Crippen molar-refractivity contribution in [1.82, 2.24) is 0 Å². The molecule has 0 heterocycles. The maximum atomic E-state index is 9.58. The van der Waals surface area contributed by atoms with Crippen LogP contribution in [0.3, 0.4) is 0 Å². The van der Waals surface area contributed by atoms with Gasteiger partial charge in [-0.2, -0.15) is 0 Å². The average molecular weight is 455 g/mol. The maximum absolute atomic E-state index is 9.58. The SMILES string of the molecule is O=C([O-])CC(O)C(=O)[O-].O=C([O-])CC(O)C(=O)[O-].[Ca+2].[Ca+2].[Ca+2].[Cl-].[Cl-]. The molecule has 2 atom stereocenters. The Labute approximate surface area is 232 Å². The molecular formula is C8H8Ca3Cl2O10. The minimum Gasteiger partial charge on any atom is -1.00 e. The van der Waals surface area contributed by atoms with Gasteiger partial charge in [0.05, 0.1) is 24.1 Å². The molecule has 0 bridgehead atoms. The Balaban J connectivity index is -0.0000000366. The fourth-order valence-electron chi connectivity index (χ4n) is 0.482. The third-order valence-corrected chi connectivity index (χ3v) is 1.26. The number of carboxylic acid groups (broad SMARTS) is 4. The quantitative estimate of drug-likeness (QED) is 0.362. The van der Waals surface area contributed by atoms with E-state index in [1.807, 2.05) is 0 Å². The number of aliphatic hydroxyl groups is 2. The van der Waals surface area contributed by atoms with E-state index in [0.717, 1.165) is 0 Å². The summed E-state index contributed by atoms with van der Waals surface area (Å²) in [7, 11) is 0. The summed E-state index contributed by atoms with van der Waals surface area (Å²) in [6.45, 7) is 0. The maximum Gasteiger partial charge on any atom is 2.00 e. The van der Waals surface area contributed by atoms with Gasteiger partial charge in [-0.1, -0.05) is 0 Å². The van der Waals surface area contributed by atoms with Crippen molar-refractivity contribution in [3.05, 3.63) is 0 Å². The van der Waals surface area contributed by atoms with Gasteiger partial charge in [0.1, 0.15) is 0 Å². The van der Waals surface area contributed by atoms with Gasteiger partial charge >= 0.3 is 113 Å². The zero-order valence-electron chi connectivity index (χ0n) is 11.6. The summed E-state index contributed by atoms with van der Waals surface area (Å²) >= 11 is 0. The van der Waals surface area contributed by atoms with Crippen LogP contribution in [0, 0.1) is 0 Å². The van der Waals surface area contributed by atoms with E-state index in [9.17, 15) is 39.6 Å². The minimum atomic E-state index is -1.96. The summed E-state index contributed by atoms with van der Waals surface area (Å²) in [5.74, 6) is -6.85. The summed E-state index contributed by atoms with van der Waals surface area (Å²) in [4.78, 5) is 38.3. The molecule has 10 nitrogen and oxygen atoms in total. The van der Waals surface area contributed by atoms with Crippen LogP contribution in [0.1, 0.15) is 12.8 Å². The Morgan fingerprint density at radius 2 is 0.826 bits per heavy atom. The number of carbonyl (C=O) groups is 4. The zero-order valence-corrected chi connectivity index (χ0v) is 19.7. The van der Waals surface area contributed by atoms with Crippen LogP contribution in [0.15, 0.2) is 0 Å². The molecule has 0 rings (SSSR count). The minimum absolute atomic E-state index is 0. The molecule has 0 saturated heterocycles. The van der Waals surface area contributed by atoms with Crippen LogP contribution in [0.2, 0.25) is 0 Å². The van der Waals surface area contributed by atoms with Gasteiger partial charge in [0.2, 0.25) is 0 Å². The van der Waals surface area contributed by atoms with Gasteiger partial charge in [-0.05, 0) is 0 Å². The largest absolute Gasteiger partial charge is 2.00 e. The van der Waals surface area contributed by atoms with E-state index < -0.39 is 48.9 Å². The van der Waals surface area contributed by atoms with E-state index in [0.29, 0.717) is 0 Å². The van der Waals surface area contributed by atoms with Crippen LogP contribution < -0.4 is 45.2 Å². The molecule has 0 aromatic rings. The smallest absolute Gasteiger partial charge is 1.00 e. The van der Waals surface area contributed by atoms with E-state index in [2.05, 4.69) is 0 Å². The Hall–Kier alpha value is 2.16. The van der Waals surface area contributed by atoms with E-state index in [-0.39, 0.29) is 138 Å². The Kier molecular flexibility index (Phi) is 51.1. The average Bonchev–Trinajstić information content (AvgIpc) is 2.16. The van der Waals surface area contributed by atoms with Crippen LogP contribution in [-0.2, 0) is 19.2 Å². The third-order valence-electron chi connectivity index (χ3n) is 1.26. The van der Waals surface area contributed by atoms with Gasteiger partial charge < -0.3 is 74.6 Å². The summed E-state index contributed by atoms with van der Waals surface area (Å²) in [5.41, 5.74) is 0. The van der Waals surface area contributed by atoms with E-state index in [4.69, 9.17) is 10.2 Å². The molecular weight excluding hydrogens is 447 g/mol. The number of aliphatic carboxylic acids is 4. The van der Waals surface area contributed by atoms with Crippen LogP contribution in [-0.4, -0.2) is 160 Å². The predicted octanol–water partition coefficient (Wildman–Crippen LogP) is -14.7. The molecule has 2 N–H and O–H groups in total. The summed E-state index contributed by atoms with van der Waals surface area (Å²) < 4.78 is 0. The first-order chi connectivity index (χ1) is 8.07. The first-order valence-corrected chi connectivity index (χ1v) is 4.25. The van der Waals surface area contributed by atoms with Gasteiger partial charge in [-0.25, -0.2) is 0 Å². The van der Waals surface area contributed by atoms with E-state index in [1.165, 1.54) is 0 Å². The number of hydrogen-bond donors (Lipinski definition) is 2. The number of hydrogen-bond acceptors (Lipinski definition) is 10. The van der Waals surface area contributed by atoms with Gasteiger partial charge in [-0.3, -0.25) is 0 Å². The van der Waals surface area contributed by atoms with E-state index >= 15 is 0 Å².